The van der Waals surface area contributed by atoms with Gasteiger partial charge in [-0.2, -0.15) is 0 Å². The van der Waals surface area contributed by atoms with Crippen LogP contribution in [0.4, 0.5) is 0 Å². The maximum Gasteiger partial charge on any atom is 0.221 e. The molecule has 0 fully saturated rings. The van der Waals surface area contributed by atoms with Crippen molar-refractivity contribution < 1.29 is 4.79 Å². The van der Waals surface area contributed by atoms with Crippen LogP contribution in [0.3, 0.4) is 0 Å². The lowest BCUT2D eigenvalue weighted by molar-refractivity contribution is -0.123. The van der Waals surface area contributed by atoms with Gasteiger partial charge < -0.3 is 10.2 Å². The number of carbonyl (C=O) groups is 1. The zero-order valence-corrected chi connectivity index (χ0v) is 19.3. The average Bonchev–Trinajstić information content (AvgIpc) is 2.73. The number of hydrogen-bond acceptors (Lipinski definition) is 2. The van der Waals surface area contributed by atoms with Crippen molar-refractivity contribution >= 4 is 5.91 Å². The van der Waals surface area contributed by atoms with E-state index < -0.39 is 0 Å². The molecule has 3 nitrogen and oxygen atoms in total. The van der Waals surface area contributed by atoms with E-state index in [0.717, 1.165) is 19.5 Å². The molecule has 1 amide bonds. The van der Waals surface area contributed by atoms with Crippen molar-refractivity contribution in [3.63, 3.8) is 0 Å². The molecule has 3 heteroatoms. The summed E-state index contributed by atoms with van der Waals surface area (Å²) in [6, 6.07) is 8.96. The van der Waals surface area contributed by atoms with E-state index in [2.05, 4.69) is 95.1 Å². The first-order valence-corrected chi connectivity index (χ1v) is 11.0. The second-order valence-electron chi connectivity index (χ2n) is 10.8. The lowest BCUT2D eigenvalue weighted by Crippen LogP contribution is -2.43. The number of rotatable bonds is 3. The minimum atomic E-state index is 0.00680. The van der Waals surface area contributed by atoms with E-state index in [9.17, 15) is 4.79 Å². The van der Waals surface area contributed by atoms with E-state index in [1.54, 1.807) is 0 Å². The Labute approximate surface area is 177 Å². The first-order chi connectivity index (χ1) is 13.5. The van der Waals surface area contributed by atoms with Gasteiger partial charge >= 0.3 is 0 Å². The van der Waals surface area contributed by atoms with Crippen molar-refractivity contribution in [2.24, 2.45) is 11.3 Å². The summed E-state index contributed by atoms with van der Waals surface area (Å²) in [5, 5.41) is 3.27. The number of carbonyl (C=O) groups excluding carboxylic acids is 1. The number of fused-ring (bicyclic) bond motifs is 1. The van der Waals surface area contributed by atoms with Gasteiger partial charge in [-0.3, -0.25) is 4.79 Å². The minimum absolute atomic E-state index is 0.00680. The highest BCUT2D eigenvalue weighted by Crippen LogP contribution is 2.36. The molecule has 0 bridgehead atoms. The molecule has 1 heterocycles. The molecular formula is C26H38N2O. The monoisotopic (exact) mass is 394 g/mol. The van der Waals surface area contributed by atoms with Gasteiger partial charge in [0.05, 0.1) is 6.04 Å². The molecule has 1 aromatic rings. The highest BCUT2D eigenvalue weighted by Gasteiger charge is 2.31. The summed E-state index contributed by atoms with van der Waals surface area (Å²) in [7, 11) is 0. The van der Waals surface area contributed by atoms with Crippen molar-refractivity contribution in [1.82, 2.24) is 10.2 Å². The molecule has 1 N–H and O–H groups in total. The topological polar surface area (TPSA) is 32.3 Å². The lowest BCUT2D eigenvalue weighted by Gasteiger charge is -2.34. The number of amides is 1. The van der Waals surface area contributed by atoms with E-state index in [0.29, 0.717) is 6.42 Å². The molecule has 2 aliphatic rings. The normalized spacial score (nSPS) is 24.2. The van der Waals surface area contributed by atoms with Gasteiger partial charge in [0.25, 0.3) is 0 Å². The van der Waals surface area contributed by atoms with Gasteiger partial charge in [0, 0.05) is 31.1 Å². The lowest BCUT2D eigenvalue weighted by atomic mass is 9.80. The van der Waals surface area contributed by atoms with E-state index in [1.807, 2.05) is 0 Å². The Kier molecular flexibility index (Phi) is 5.98. The summed E-state index contributed by atoms with van der Waals surface area (Å²) < 4.78 is 0. The predicted molar refractivity (Wildman–Crippen MR) is 122 cm³/mol. The zero-order chi connectivity index (χ0) is 21.4. The molecule has 3 rings (SSSR count). The van der Waals surface area contributed by atoms with E-state index in [1.165, 1.54) is 22.4 Å². The van der Waals surface area contributed by atoms with Gasteiger partial charge in [0.2, 0.25) is 5.91 Å². The third kappa shape index (κ3) is 5.12. The number of allylic oxidation sites excluding steroid dienone is 1. The highest BCUT2D eigenvalue weighted by atomic mass is 16.1. The molecule has 29 heavy (non-hydrogen) atoms. The highest BCUT2D eigenvalue weighted by molar-refractivity contribution is 5.77. The molecule has 1 aliphatic heterocycles. The maximum absolute atomic E-state index is 12.5. The SMILES string of the molecule is CC1=CC(N2CCC(C)(C)c3ccccc3C2)=CC(C)C1NC(=O)CC(C)(C)C. The summed E-state index contributed by atoms with van der Waals surface area (Å²) >= 11 is 0. The van der Waals surface area contributed by atoms with Gasteiger partial charge in [0.15, 0.2) is 0 Å². The van der Waals surface area contributed by atoms with Crippen molar-refractivity contribution in [2.75, 3.05) is 6.54 Å². The van der Waals surface area contributed by atoms with Gasteiger partial charge in [-0.05, 0) is 47.0 Å². The molecule has 0 spiro atoms. The predicted octanol–water partition coefficient (Wildman–Crippen LogP) is 5.57. The smallest absolute Gasteiger partial charge is 0.221 e. The average molecular weight is 395 g/mol. The fourth-order valence-electron chi connectivity index (χ4n) is 4.67. The van der Waals surface area contributed by atoms with Crippen molar-refractivity contribution in [1.29, 1.82) is 0 Å². The van der Waals surface area contributed by atoms with Crippen molar-refractivity contribution in [2.45, 2.75) is 79.3 Å². The summed E-state index contributed by atoms with van der Waals surface area (Å²) in [5.41, 5.74) is 5.63. The molecule has 0 saturated carbocycles. The molecule has 2 atom stereocenters. The molecule has 1 aliphatic carbocycles. The fraction of sp³-hybridized carbons (Fsp3) is 0.577. The van der Waals surface area contributed by atoms with Crippen molar-refractivity contribution in [3.8, 4) is 0 Å². The summed E-state index contributed by atoms with van der Waals surface area (Å²) in [4.78, 5) is 15.0. The summed E-state index contributed by atoms with van der Waals surface area (Å²) in [6.45, 7) is 17.4. The van der Waals surface area contributed by atoms with E-state index in [-0.39, 0.29) is 28.7 Å². The van der Waals surface area contributed by atoms with Gasteiger partial charge in [0.1, 0.15) is 0 Å². The second kappa shape index (κ2) is 8.01. The van der Waals surface area contributed by atoms with Crippen LogP contribution in [0, 0.1) is 11.3 Å². The van der Waals surface area contributed by atoms with Gasteiger partial charge in [-0.25, -0.2) is 0 Å². The zero-order valence-electron chi connectivity index (χ0n) is 19.3. The second-order valence-corrected chi connectivity index (χ2v) is 10.8. The number of nitrogens with zero attached hydrogens (tertiary/aromatic N) is 1. The fourth-order valence-corrected chi connectivity index (χ4v) is 4.67. The van der Waals surface area contributed by atoms with Gasteiger partial charge in [-0.15, -0.1) is 0 Å². The van der Waals surface area contributed by atoms with Crippen LogP contribution in [0.2, 0.25) is 0 Å². The number of benzene rings is 1. The molecule has 2 unspecified atom stereocenters. The molecule has 0 radical (unpaired) electrons. The first-order valence-electron chi connectivity index (χ1n) is 11.0. The summed E-state index contributed by atoms with van der Waals surface area (Å²) in [5.74, 6) is 0.426. The molecular weight excluding hydrogens is 356 g/mol. The van der Waals surface area contributed by atoms with Crippen LogP contribution in [0.15, 0.2) is 47.7 Å². The Balaban J connectivity index is 1.77. The van der Waals surface area contributed by atoms with E-state index >= 15 is 0 Å². The van der Waals surface area contributed by atoms with Crippen LogP contribution < -0.4 is 5.32 Å². The van der Waals surface area contributed by atoms with Crippen LogP contribution in [-0.4, -0.2) is 23.4 Å². The number of hydrogen-bond donors (Lipinski definition) is 1. The van der Waals surface area contributed by atoms with Crippen LogP contribution in [0.5, 0.6) is 0 Å². The number of nitrogens with one attached hydrogen (secondary N) is 1. The van der Waals surface area contributed by atoms with Gasteiger partial charge in [-0.1, -0.05) is 71.9 Å². The molecule has 0 saturated heterocycles. The van der Waals surface area contributed by atoms with Crippen LogP contribution in [0.25, 0.3) is 0 Å². The standard InChI is InChI=1S/C26H38N2O/c1-18-14-21(15-19(2)24(18)27-23(29)16-25(3,4)5)28-13-12-26(6,7)22-11-9-8-10-20(22)17-28/h8-11,14-15,18,24H,12-13,16-17H2,1-7H3,(H,27,29). The Hall–Kier alpha value is -2.03. The molecule has 0 aromatic heterocycles. The molecule has 1 aromatic carbocycles. The third-order valence-corrected chi connectivity index (χ3v) is 6.31. The first kappa shape index (κ1) is 21.7. The minimum Gasteiger partial charge on any atom is -0.367 e. The Morgan fingerprint density at radius 1 is 1.24 bits per heavy atom. The van der Waals surface area contributed by atoms with Crippen LogP contribution >= 0.6 is 0 Å². The Morgan fingerprint density at radius 2 is 1.93 bits per heavy atom. The van der Waals surface area contributed by atoms with E-state index in [4.69, 9.17) is 0 Å². The van der Waals surface area contributed by atoms with Crippen LogP contribution in [0.1, 0.15) is 72.4 Å². The Morgan fingerprint density at radius 3 is 2.59 bits per heavy atom. The van der Waals surface area contributed by atoms with Crippen LogP contribution in [-0.2, 0) is 16.8 Å². The largest absolute Gasteiger partial charge is 0.367 e. The maximum atomic E-state index is 12.5. The third-order valence-electron chi connectivity index (χ3n) is 6.31. The Bertz CT molecular complexity index is 825. The van der Waals surface area contributed by atoms with Crippen molar-refractivity contribution in [3.05, 3.63) is 58.8 Å². The summed E-state index contributed by atoms with van der Waals surface area (Å²) in [6.07, 6.45) is 6.31. The quantitative estimate of drug-likeness (QED) is 0.727. The molecule has 158 valence electrons.